The Morgan fingerprint density at radius 1 is 0.941 bits per heavy atom. The van der Waals surface area contributed by atoms with Gasteiger partial charge in [0.25, 0.3) is 5.69 Å². The zero-order chi connectivity index (χ0) is 48.7. The summed E-state index contributed by atoms with van der Waals surface area (Å²) in [7, 11) is 1.66. The monoisotopic (exact) mass is 945 g/mol. The van der Waals surface area contributed by atoms with E-state index in [0.717, 1.165) is 56.1 Å². The number of ether oxygens (including phenoxy) is 4. The van der Waals surface area contributed by atoms with E-state index in [4.69, 9.17) is 28.9 Å². The highest BCUT2D eigenvalue weighted by Gasteiger charge is 2.65. The zero-order valence-corrected chi connectivity index (χ0v) is 40.5. The molecular formula is C53H76N4O11. The fourth-order valence-electron chi connectivity index (χ4n) is 10.1. The topological polar surface area (TPSA) is 192 Å². The van der Waals surface area contributed by atoms with Crippen LogP contribution in [0.4, 0.5) is 15.3 Å². The summed E-state index contributed by atoms with van der Waals surface area (Å²) in [6.07, 6.45) is 21.2. The van der Waals surface area contributed by atoms with Crippen LogP contribution in [0.2, 0.25) is 0 Å². The lowest BCUT2D eigenvalue weighted by molar-refractivity contribution is -0.384. The average molecular weight is 945 g/mol. The molecule has 1 heterocycles. The minimum atomic E-state index is -1.50. The first-order valence-electron chi connectivity index (χ1n) is 25.0. The Hall–Kier alpha value is -5.25. The fraction of sp³-hybridized carbons (Fsp3) is 0.604. The van der Waals surface area contributed by atoms with E-state index in [1.165, 1.54) is 62.0 Å². The Balaban J connectivity index is 1.53. The lowest BCUT2D eigenvalue weighted by atomic mass is 9.55. The quantitative estimate of drug-likeness (QED) is 0.0282. The summed E-state index contributed by atoms with van der Waals surface area (Å²) in [6, 6.07) is 10.7. The number of fused-ring (bicyclic) bond motifs is 2. The second-order valence-electron chi connectivity index (χ2n) is 18.3. The van der Waals surface area contributed by atoms with Gasteiger partial charge in [0.2, 0.25) is 5.79 Å². The molecule has 6 atom stereocenters. The van der Waals surface area contributed by atoms with Crippen LogP contribution < -0.4 is 14.8 Å². The van der Waals surface area contributed by atoms with E-state index in [2.05, 4.69) is 31.5 Å². The maximum Gasteiger partial charge on any atom is 0.412 e. The summed E-state index contributed by atoms with van der Waals surface area (Å²) in [5.41, 5.74) is 2.84. The van der Waals surface area contributed by atoms with Gasteiger partial charge in [-0.2, -0.15) is 0 Å². The highest BCUT2D eigenvalue weighted by Crippen LogP contribution is 2.62. The number of aliphatic hydroxyl groups is 2. The van der Waals surface area contributed by atoms with E-state index in [-0.39, 0.29) is 62.9 Å². The van der Waals surface area contributed by atoms with Gasteiger partial charge in [-0.25, -0.2) is 9.59 Å². The van der Waals surface area contributed by atoms with E-state index in [1.54, 1.807) is 43.5 Å². The number of oxime groups is 1. The minimum absolute atomic E-state index is 0.0218. The maximum absolute atomic E-state index is 14.0. The highest BCUT2D eigenvalue weighted by molar-refractivity contribution is 6.03. The number of nitrogens with zero attached hydrogens (tertiary/aromatic N) is 3. The minimum Gasteiger partial charge on any atom is -0.459 e. The number of likely N-dealkylation sites (N-methyl/N-ethyl adjacent to an activating group) is 1. The number of allylic oxidation sites excluding steroid dienone is 1. The van der Waals surface area contributed by atoms with Gasteiger partial charge >= 0.3 is 12.2 Å². The molecule has 2 aliphatic carbocycles. The van der Waals surface area contributed by atoms with Crippen molar-refractivity contribution in [3.8, 4) is 11.5 Å². The van der Waals surface area contributed by atoms with Gasteiger partial charge in [0.1, 0.15) is 24.1 Å². The number of benzene rings is 2. The van der Waals surface area contributed by atoms with Gasteiger partial charge in [0, 0.05) is 56.8 Å². The molecule has 374 valence electrons. The molecule has 3 aliphatic rings. The third-order valence-electron chi connectivity index (χ3n) is 13.5. The number of hydrogen-bond donors (Lipinski definition) is 3. The van der Waals surface area contributed by atoms with Crippen LogP contribution in [-0.2, 0) is 20.9 Å². The molecule has 2 amide bonds. The molecule has 1 saturated carbocycles. The molecule has 3 N–H and O–H groups in total. The highest BCUT2D eigenvalue weighted by atomic mass is 16.7. The molecule has 0 aromatic heterocycles. The Kier molecular flexibility index (Phi) is 22.3. The number of nitro benzene ring substituents is 1. The molecule has 0 saturated heterocycles. The Morgan fingerprint density at radius 3 is 2.29 bits per heavy atom. The van der Waals surface area contributed by atoms with E-state index in [1.807, 2.05) is 6.07 Å². The van der Waals surface area contributed by atoms with Gasteiger partial charge < -0.3 is 44.2 Å². The lowest BCUT2D eigenvalue weighted by Gasteiger charge is -2.59. The SMILES string of the molecule is C=CCCOC(=O)N(C)[C@H]1CC(=NOCc2ccc([N+](=O)[O-])cc2)C2=C[C@H](CCCCO)[C@@H](CCCCO)[C@@H]3c4cc(OC(=O)NCCCCCCCCCCCC)ccc4O[C@@]1(OCC=C)[C@H]23. The molecule has 2 aromatic rings. The number of carbonyl (C=O) groups excluding carboxylic acids is 2. The number of nitro groups is 1. The number of unbranched alkanes of at least 4 members (excludes halogenated alkanes) is 11. The fourth-order valence-corrected chi connectivity index (χ4v) is 10.1. The van der Waals surface area contributed by atoms with Crippen LogP contribution in [0.15, 0.2) is 84.6 Å². The molecule has 1 aliphatic heterocycles. The van der Waals surface area contributed by atoms with Gasteiger partial charge in [-0.1, -0.05) is 101 Å². The predicted molar refractivity (Wildman–Crippen MR) is 263 cm³/mol. The van der Waals surface area contributed by atoms with E-state index >= 15 is 0 Å². The molecule has 2 aromatic carbocycles. The second kappa shape index (κ2) is 28.3. The van der Waals surface area contributed by atoms with Crippen molar-refractivity contribution in [2.24, 2.45) is 22.9 Å². The molecule has 68 heavy (non-hydrogen) atoms. The first-order valence-corrected chi connectivity index (χ1v) is 25.0. The normalized spacial score (nSPS) is 21.9. The Morgan fingerprint density at radius 2 is 1.63 bits per heavy atom. The predicted octanol–water partition coefficient (Wildman–Crippen LogP) is 11.1. The van der Waals surface area contributed by atoms with Crippen LogP contribution in [0.1, 0.15) is 140 Å². The van der Waals surface area contributed by atoms with Gasteiger partial charge in [0.15, 0.2) is 0 Å². The third kappa shape index (κ3) is 14.6. The van der Waals surface area contributed by atoms with Crippen LogP contribution in [0.5, 0.6) is 11.5 Å². The first kappa shape index (κ1) is 53.7. The summed E-state index contributed by atoms with van der Waals surface area (Å²) in [5, 5.41) is 38.9. The van der Waals surface area contributed by atoms with Crippen molar-refractivity contribution in [3.63, 3.8) is 0 Å². The van der Waals surface area contributed by atoms with Gasteiger partial charge in [0.05, 0.1) is 29.8 Å². The third-order valence-corrected chi connectivity index (χ3v) is 13.5. The molecule has 1 fully saturated rings. The maximum atomic E-state index is 14.0. The van der Waals surface area contributed by atoms with Crippen molar-refractivity contribution in [1.82, 2.24) is 10.2 Å². The Bertz CT molecular complexity index is 1990. The zero-order valence-electron chi connectivity index (χ0n) is 40.5. The Labute approximate surface area is 403 Å². The second-order valence-corrected chi connectivity index (χ2v) is 18.3. The van der Waals surface area contributed by atoms with Crippen molar-refractivity contribution in [1.29, 1.82) is 0 Å². The molecule has 15 heteroatoms. The van der Waals surface area contributed by atoms with Gasteiger partial charge in [-0.15, -0.1) is 13.2 Å². The van der Waals surface area contributed by atoms with E-state index in [9.17, 15) is 29.9 Å². The van der Waals surface area contributed by atoms with Crippen LogP contribution in [0, 0.1) is 27.9 Å². The van der Waals surface area contributed by atoms with Gasteiger partial charge in [-0.05, 0) is 91.8 Å². The first-order chi connectivity index (χ1) is 33.1. The lowest BCUT2D eigenvalue weighted by Crippen LogP contribution is -2.69. The number of amides is 2. The molecular weight excluding hydrogens is 869 g/mol. The van der Waals surface area contributed by atoms with Crippen LogP contribution in [-0.4, -0.2) is 89.8 Å². The van der Waals surface area contributed by atoms with Crippen molar-refractivity contribution < 1.29 is 48.5 Å². The number of rotatable bonds is 31. The van der Waals surface area contributed by atoms with Crippen LogP contribution in [0.25, 0.3) is 0 Å². The van der Waals surface area contributed by atoms with Crippen molar-refractivity contribution >= 4 is 23.6 Å². The standard InChI is InChI=1S/C53H76N4O11/c1-5-8-10-11-12-13-14-15-16-19-30-54-51(60)67-42-28-29-47-45(36-42)49-43(23-18-21-32-59)40(22-17-20-31-58)35-44-46(55-66-38-39-24-26-41(27-25-39)57(62)63)37-48(56(4)52(61)64-34-9-6-2)53(68-47,50(44)49)65-33-7-3/h6-7,24-29,35-36,40,43,48-50,58-59H,2-3,5,8-23,30-34,37-38H2,1,4H3,(H,54,60)/t40-,43+,48-,49+,50+,53+/m0/s1. The molecule has 0 bridgehead atoms. The smallest absolute Gasteiger partial charge is 0.412 e. The summed E-state index contributed by atoms with van der Waals surface area (Å²) in [4.78, 5) is 45.7. The van der Waals surface area contributed by atoms with Gasteiger partial charge in [-0.3, -0.25) is 10.1 Å². The number of nitrogens with one attached hydrogen (secondary N) is 1. The molecule has 15 nitrogen and oxygen atoms in total. The van der Waals surface area contributed by atoms with Crippen molar-refractivity contribution in [2.75, 3.05) is 40.0 Å². The number of aliphatic hydroxyl groups excluding tert-OH is 2. The summed E-state index contributed by atoms with van der Waals surface area (Å²) in [5.74, 6) is -1.63. The molecule has 0 radical (unpaired) electrons. The molecule has 5 rings (SSSR count). The number of hydrogen-bond acceptors (Lipinski definition) is 12. The average Bonchev–Trinajstić information content (AvgIpc) is 3.33. The summed E-state index contributed by atoms with van der Waals surface area (Å²) < 4.78 is 25.8. The van der Waals surface area contributed by atoms with Crippen molar-refractivity contribution in [3.05, 3.63) is 101 Å². The molecule has 0 spiro atoms. The number of non-ortho nitro benzene ring substituents is 1. The number of carbonyl (C=O) groups is 2. The van der Waals surface area contributed by atoms with E-state index < -0.39 is 34.9 Å². The largest absolute Gasteiger partial charge is 0.459 e. The summed E-state index contributed by atoms with van der Waals surface area (Å²) >= 11 is 0. The van der Waals surface area contributed by atoms with E-state index in [0.29, 0.717) is 48.6 Å². The van der Waals surface area contributed by atoms with Crippen LogP contribution in [0.3, 0.4) is 0 Å². The summed E-state index contributed by atoms with van der Waals surface area (Å²) in [6.45, 7) is 10.8. The molecule has 0 unspecified atom stereocenters. The van der Waals surface area contributed by atoms with Crippen LogP contribution >= 0.6 is 0 Å². The van der Waals surface area contributed by atoms with Crippen molar-refractivity contribution in [2.45, 2.75) is 147 Å².